The highest BCUT2D eigenvalue weighted by molar-refractivity contribution is 5.85. The van der Waals surface area contributed by atoms with Gasteiger partial charge in [-0.2, -0.15) is 0 Å². The van der Waals surface area contributed by atoms with Crippen LogP contribution < -0.4 is 14.8 Å². The Morgan fingerprint density at radius 2 is 2.18 bits per heavy atom. The number of rotatable bonds is 5. The zero-order valence-electron chi connectivity index (χ0n) is 10.1. The molecule has 1 aromatic heterocycles. The molecule has 0 amide bonds. The van der Waals surface area contributed by atoms with E-state index in [-0.39, 0.29) is 0 Å². The van der Waals surface area contributed by atoms with Crippen molar-refractivity contribution in [2.24, 2.45) is 0 Å². The maximum absolute atomic E-state index is 5.69. The van der Waals surface area contributed by atoms with E-state index >= 15 is 0 Å². The summed E-state index contributed by atoms with van der Waals surface area (Å²) in [5.74, 6) is 1.66. The van der Waals surface area contributed by atoms with E-state index in [1.54, 1.807) is 13.3 Å². The molecule has 0 aliphatic rings. The maximum Gasteiger partial charge on any atom is 0.130 e. The van der Waals surface area contributed by atoms with Crippen molar-refractivity contribution in [1.29, 1.82) is 0 Å². The average molecular weight is 232 g/mol. The SMILES string of the molecule is CNCCOc1ccnc2cc(OC)ccc12. The van der Waals surface area contributed by atoms with E-state index in [1.807, 2.05) is 31.3 Å². The van der Waals surface area contributed by atoms with Crippen LogP contribution in [-0.4, -0.2) is 32.3 Å². The molecule has 1 aromatic carbocycles. The zero-order valence-corrected chi connectivity index (χ0v) is 10.1. The van der Waals surface area contributed by atoms with Crippen LogP contribution in [0, 0.1) is 0 Å². The lowest BCUT2D eigenvalue weighted by atomic mass is 10.2. The van der Waals surface area contributed by atoms with E-state index in [9.17, 15) is 0 Å². The number of fused-ring (bicyclic) bond motifs is 1. The van der Waals surface area contributed by atoms with Crippen LogP contribution in [0.4, 0.5) is 0 Å². The molecule has 2 aromatic rings. The topological polar surface area (TPSA) is 43.4 Å². The lowest BCUT2D eigenvalue weighted by molar-refractivity contribution is 0.322. The molecule has 4 heteroatoms. The van der Waals surface area contributed by atoms with E-state index in [2.05, 4.69) is 10.3 Å². The van der Waals surface area contributed by atoms with Gasteiger partial charge in [0.2, 0.25) is 0 Å². The van der Waals surface area contributed by atoms with E-state index < -0.39 is 0 Å². The van der Waals surface area contributed by atoms with Gasteiger partial charge in [-0.3, -0.25) is 4.98 Å². The fourth-order valence-corrected chi connectivity index (χ4v) is 1.62. The van der Waals surface area contributed by atoms with Gasteiger partial charge >= 0.3 is 0 Å². The van der Waals surface area contributed by atoms with E-state index in [1.165, 1.54) is 0 Å². The van der Waals surface area contributed by atoms with Crippen LogP contribution in [0.15, 0.2) is 30.5 Å². The Morgan fingerprint density at radius 3 is 2.94 bits per heavy atom. The standard InChI is InChI=1S/C13H16N2O2/c1-14-7-8-17-13-5-6-15-12-9-10(16-2)3-4-11(12)13/h3-6,9,14H,7-8H2,1-2H3. The van der Waals surface area contributed by atoms with Crippen molar-refractivity contribution in [3.8, 4) is 11.5 Å². The van der Waals surface area contributed by atoms with E-state index in [0.717, 1.165) is 28.9 Å². The van der Waals surface area contributed by atoms with Gasteiger partial charge in [0.25, 0.3) is 0 Å². The zero-order chi connectivity index (χ0) is 12.1. The number of nitrogens with one attached hydrogen (secondary N) is 1. The van der Waals surface area contributed by atoms with Gasteiger partial charge in [-0.05, 0) is 25.2 Å². The summed E-state index contributed by atoms with van der Waals surface area (Å²) in [5, 5.41) is 4.05. The molecule has 0 radical (unpaired) electrons. The van der Waals surface area contributed by atoms with Gasteiger partial charge in [-0.1, -0.05) is 0 Å². The van der Waals surface area contributed by atoms with Gasteiger partial charge in [-0.25, -0.2) is 0 Å². The van der Waals surface area contributed by atoms with Crippen LogP contribution in [0.5, 0.6) is 11.5 Å². The van der Waals surface area contributed by atoms with Crippen LogP contribution in [0.1, 0.15) is 0 Å². The number of pyridine rings is 1. The van der Waals surface area contributed by atoms with Crippen LogP contribution in [0.25, 0.3) is 10.9 Å². The summed E-state index contributed by atoms with van der Waals surface area (Å²) in [4.78, 5) is 4.30. The van der Waals surface area contributed by atoms with Crippen LogP contribution in [0.2, 0.25) is 0 Å². The van der Waals surface area contributed by atoms with Crippen molar-refractivity contribution < 1.29 is 9.47 Å². The molecular formula is C13H16N2O2. The van der Waals surface area contributed by atoms with Gasteiger partial charge in [0, 0.05) is 24.2 Å². The Morgan fingerprint density at radius 1 is 1.29 bits per heavy atom. The molecule has 0 saturated heterocycles. The first kappa shape index (κ1) is 11.7. The Bertz CT molecular complexity index is 500. The lowest BCUT2D eigenvalue weighted by Gasteiger charge is -2.09. The predicted molar refractivity (Wildman–Crippen MR) is 67.7 cm³/mol. The van der Waals surface area contributed by atoms with E-state index in [4.69, 9.17) is 9.47 Å². The molecule has 0 saturated carbocycles. The molecule has 2 rings (SSSR count). The van der Waals surface area contributed by atoms with Crippen molar-refractivity contribution in [3.63, 3.8) is 0 Å². The minimum absolute atomic E-state index is 0.641. The summed E-state index contributed by atoms with van der Waals surface area (Å²) in [6, 6.07) is 7.66. The summed E-state index contributed by atoms with van der Waals surface area (Å²) < 4.78 is 10.9. The highest BCUT2D eigenvalue weighted by Crippen LogP contribution is 2.26. The molecule has 1 N–H and O–H groups in total. The van der Waals surface area contributed by atoms with Gasteiger partial charge < -0.3 is 14.8 Å². The fraction of sp³-hybridized carbons (Fsp3) is 0.308. The summed E-state index contributed by atoms with van der Waals surface area (Å²) >= 11 is 0. The van der Waals surface area contributed by atoms with Crippen LogP contribution >= 0.6 is 0 Å². The minimum Gasteiger partial charge on any atom is -0.497 e. The molecule has 0 bridgehead atoms. The third-order valence-corrected chi connectivity index (χ3v) is 2.52. The van der Waals surface area contributed by atoms with Gasteiger partial charge in [0.15, 0.2) is 0 Å². The summed E-state index contributed by atoms with van der Waals surface area (Å²) in [6.07, 6.45) is 1.75. The monoisotopic (exact) mass is 232 g/mol. The minimum atomic E-state index is 0.641. The normalized spacial score (nSPS) is 10.5. The Kier molecular flexibility index (Phi) is 3.77. The Labute approximate surface area is 101 Å². The second-order valence-corrected chi connectivity index (χ2v) is 3.64. The molecule has 4 nitrogen and oxygen atoms in total. The number of hydrogen-bond acceptors (Lipinski definition) is 4. The van der Waals surface area contributed by atoms with Gasteiger partial charge in [-0.15, -0.1) is 0 Å². The first-order chi connectivity index (χ1) is 8.35. The lowest BCUT2D eigenvalue weighted by Crippen LogP contribution is -2.16. The number of aromatic nitrogens is 1. The maximum atomic E-state index is 5.69. The number of methoxy groups -OCH3 is 1. The van der Waals surface area contributed by atoms with Crippen LogP contribution in [0.3, 0.4) is 0 Å². The second-order valence-electron chi connectivity index (χ2n) is 3.64. The molecule has 0 unspecified atom stereocenters. The molecule has 90 valence electrons. The van der Waals surface area contributed by atoms with E-state index in [0.29, 0.717) is 6.61 Å². The van der Waals surface area contributed by atoms with Crippen molar-refractivity contribution in [1.82, 2.24) is 10.3 Å². The smallest absolute Gasteiger partial charge is 0.130 e. The molecule has 0 spiro atoms. The molecule has 0 aliphatic carbocycles. The molecule has 0 aliphatic heterocycles. The summed E-state index contributed by atoms with van der Waals surface area (Å²) in [7, 11) is 3.55. The largest absolute Gasteiger partial charge is 0.497 e. The average Bonchev–Trinajstić information content (AvgIpc) is 2.38. The summed E-state index contributed by atoms with van der Waals surface area (Å²) in [5.41, 5.74) is 0.881. The number of nitrogens with zero attached hydrogens (tertiary/aromatic N) is 1. The highest BCUT2D eigenvalue weighted by Gasteiger charge is 2.04. The van der Waals surface area contributed by atoms with Crippen molar-refractivity contribution in [2.45, 2.75) is 0 Å². The molecule has 1 heterocycles. The summed E-state index contributed by atoms with van der Waals surface area (Å²) in [6.45, 7) is 1.46. The van der Waals surface area contributed by atoms with Crippen molar-refractivity contribution in [2.75, 3.05) is 27.3 Å². The third-order valence-electron chi connectivity index (χ3n) is 2.52. The predicted octanol–water partition coefficient (Wildman–Crippen LogP) is 1.84. The van der Waals surface area contributed by atoms with Gasteiger partial charge in [0.05, 0.1) is 12.6 Å². The van der Waals surface area contributed by atoms with Crippen molar-refractivity contribution >= 4 is 10.9 Å². The number of likely N-dealkylation sites (N-methyl/N-ethyl adjacent to an activating group) is 1. The first-order valence-electron chi connectivity index (χ1n) is 5.55. The first-order valence-corrected chi connectivity index (χ1v) is 5.55. The van der Waals surface area contributed by atoms with Crippen molar-refractivity contribution in [3.05, 3.63) is 30.5 Å². The second kappa shape index (κ2) is 5.50. The fourth-order valence-electron chi connectivity index (χ4n) is 1.62. The molecule has 0 fully saturated rings. The van der Waals surface area contributed by atoms with Crippen LogP contribution in [-0.2, 0) is 0 Å². The third kappa shape index (κ3) is 2.65. The quantitative estimate of drug-likeness (QED) is 0.799. The number of ether oxygens (including phenoxy) is 2. The molecule has 17 heavy (non-hydrogen) atoms. The molecule has 0 atom stereocenters. The number of hydrogen-bond donors (Lipinski definition) is 1. The molecular weight excluding hydrogens is 216 g/mol. The highest BCUT2D eigenvalue weighted by atomic mass is 16.5. The Balaban J connectivity index is 2.30. The number of benzene rings is 1. The van der Waals surface area contributed by atoms with Gasteiger partial charge in [0.1, 0.15) is 18.1 Å². The Hall–Kier alpha value is -1.81.